The second-order valence-corrected chi connectivity index (χ2v) is 5.21. The van der Waals surface area contributed by atoms with Gasteiger partial charge in [-0.2, -0.15) is 8.78 Å². The number of alkyl halides is 2. The molecule has 8 heteroatoms. The van der Waals surface area contributed by atoms with Crippen molar-refractivity contribution < 1.29 is 22.0 Å². The van der Waals surface area contributed by atoms with Crippen molar-refractivity contribution in [1.82, 2.24) is 5.32 Å². The third-order valence-corrected chi connectivity index (χ3v) is 3.15. The Bertz CT molecular complexity index is 546. The van der Waals surface area contributed by atoms with Gasteiger partial charge in [-0.1, -0.05) is 12.1 Å². The predicted octanol–water partition coefficient (Wildman–Crippen LogP) is 0.776. The van der Waals surface area contributed by atoms with Crippen molar-refractivity contribution in [3.63, 3.8) is 0 Å². The number of halogens is 2. The summed E-state index contributed by atoms with van der Waals surface area (Å²) in [6.45, 7) is 1.46. The Morgan fingerprint density at radius 1 is 1.39 bits per heavy atom. The lowest BCUT2D eigenvalue weighted by Crippen LogP contribution is -2.31. The largest absolute Gasteiger partial charge is 0.345 e. The number of carbonyl (C=O) groups is 1. The Kier molecular flexibility index (Phi) is 4.36. The van der Waals surface area contributed by atoms with Gasteiger partial charge >= 0.3 is 6.43 Å². The Morgan fingerprint density at radius 3 is 2.50 bits per heavy atom. The van der Waals surface area contributed by atoms with Crippen molar-refractivity contribution >= 4 is 15.9 Å². The third kappa shape index (κ3) is 3.74. The summed E-state index contributed by atoms with van der Waals surface area (Å²) in [5.74, 6) is -1.41. The fourth-order valence-corrected chi connectivity index (χ4v) is 1.89. The van der Waals surface area contributed by atoms with E-state index in [1.807, 2.05) is 5.32 Å². The van der Waals surface area contributed by atoms with E-state index in [0.717, 1.165) is 0 Å². The van der Waals surface area contributed by atoms with Crippen LogP contribution in [-0.2, 0) is 14.8 Å². The van der Waals surface area contributed by atoms with Crippen LogP contribution in [-0.4, -0.2) is 20.8 Å². The molecule has 0 spiro atoms. The van der Waals surface area contributed by atoms with Crippen molar-refractivity contribution in [2.45, 2.75) is 24.3 Å². The average molecular weight is 278 g/mol. The van der Waals surface area contributed by atoms with Crippen molar-refractivity contribution in [3.05, 3.63) is 29.8 Å². The molecule has 1 aromatic carbocycles. The predicted molar refractivity (Wildman–Crippen MR) is 60.4 cm³/mol. The molecular weight excluding hydrogens is 266 g/mol. The fourth-order valence-electron chi connectivity index (χ4n) is 1.32. The molecule has 100 valence electrons. The van der Waals surface area contributed by atoms with Crippen LogP contribution >= 0.6 is 0 Å². The molecule has 0 radical (unpaired) electrons. The van der Waals surface area contributed by atoms with Crippen molar-refractivity contribution in [2.75, 3.05) is 0 Å². The molecule has 0 aliphatic heterocycles. The maximum absolute atomic E-state index is 12.0. The van der Waals surface area contributed by atoms with E-state index in [4.69, 9.17) is 5.14 Å². The minimum absolute atomic E-state index is 0.141. The van der Waals surface area contributed by atoms with Crippen LogP contribution in [0, 0.1) is 0 Å². The first-order valence-corrected chi connectivity index (χ1v) is 6.47. The molecule has 0 saturated heterocycles. The van der Waals surface area contributed by atoms with Gasteiger partial charge in [-0.3, -0.25) is 4.79 Å². The number of primary sulfonamides is 1. The molecule has 0 fully saturated rings. The average Bonchev–Trinajstić information content (AvgIpc) is 2.27. The van der Waals surface area contributed by atoms with Crippen LogP contribution in [0.2, 0.25) is 0 Å². The number of nitrogens with two attached hydrogens (primary N) is 1. The highest BCUT2D eigenvalue weighted by Crippen LogP contribution is 2.16. The van der Waals surface area contributed by atoms with Crippen LogP contribution in [0.4, 0.5) is 8.78 Å². The Hall–Kier alpha value is -1.54. The van der Waals surface area contributed by atoms with Gasteiger partial charge in [0, 0.05) is 0 Å². The first-order chi connectivity index (χ1) is 8.21. The zero-order valence-corrected chi connectivity index (χ0v) is 10.2. The Morgan fingerprint density at radius 2 is 2.00 bits per heavy atom. The Labute approximate surface area is 103 Å². The molecule has 18 heavy (non-hydrogen) atoms. The molecule has 0 bridgehead atoms. The second kappa shape index (κ2) is 5.40. The fraction of sp³-hybridized carbons (Fsp3) is 0.300. The van der Waals surface area contributed by atoms with Gasteiger partial charge in [0.05, 0.1) is 10.9 Å². The number of rotatable bonds is 4. The van der Waals surface area contributed by atoms with Crippen LogP contribution in [0.5, 0.6) is 0 Å². The maximum atomic E-state index is 12.0. The normalized spacial score (nSPS) is 13.4. The zero-order chi connectivity index (χ0) is 13.9. The smallest absolute Gasteiger partial charge is 0.315 e. The van der Waals surface area contributed by atoms with Gasteiger partial charge in [0.25, 0.3) is 5.91 Å². The molecule has 1 rings (SSSR count). The molecule has 1 unspecified atom stereocenters. The highest BCUT2D eigenvalue weighted by molar-refractivity contribution is 7.89. The van der Waals surface area contributed by atoms with E-state index < -0.39 is 28.4 Å². The maximum Gasteiger partial charge on any atom is 0.315 e. The van der Waals surface area contributed by atoms with Gasteiger partial charge in [0.2, 0.25) is 10.0 Å². The lowest BCUT2D eigenvalue weighted by Gasteiger charge is -2.14. The van der Waals surface area contributed by atoms with Gasteiger partial charge in [-0.05, 0) is 24.6 Å². The second-order valence-electron chi connectivity index (χ2n) is 3.65. The van der Waals surface area contributed by atoms with Gasteiger partial charge < -0.3 is 5.32 Å². The summed E-state index contributed by atoms with van der Waals surface area (Å²) < 4.78 is 46.3. The van der Waals surface area contributed by atoms with Gasteiger partial charge in [0.15, 0.2) is 0 Å². The summed E-state index contributed by atoms with van der Waals surface area (Å²) in [4.78, 5) is 10.7. The molecule has 0 heterocycles. The summed E-state index contributed by atoms with van der Waals surface area (Å²) in [6.07, 6.45) is -3.12. The standard InChI is InChI=1S/C10H12F2N2O3S/c1-6(14-10(15)9(11)12)7-3-2-4-8(5-7)18(13,16)17/h2-6,9H,1H3,(H,14,15)(H2,13,16,17). The van der Waals surface area contributed by atoms with Crippen LogP contribution in [0.3, 0.4) is 0 Å². The van der Waals surface area contributed by atoms with Gasteiger partial charge in [-0.25, -0.2) is 13.6 Å². The summed E-state index contributed by atoms with van der Waals surface area (Å²) in [5, 5.41) is 6.99. The summed E-state index contributed by atoms with van der Waals surface area (Å²) in [6, 6.07) is 4.69. The zero-order valence-electron chi connectivity index (χ0n) is 9.43. The number of carbonyl (C=O) groups excluding carboxylic acids is 1. The molecule has 0 saturated carbocycles. The Balaban J connectivity index is 2.94. The van der Waals surface area contributed by atoms with Crippen molar-refractivity contribution in [2.24, 2.45) is 5.14 Å². The lowest BCUT2D eigenvalue weighted by atomic mass is 10.1. The quantitative estimate of drug-likeness (QED) is 0.852. The molecule has 3 N–H and O–H groups in total. The van der Waals surface area contributed by atoms with Crippen LogP contribution < -0.4 is 10.5 Å². The van der Waals surface area contributed by atoms with Crippen LogP contribution in [0.25, 0.3) is 0 Å². The highest BCUT2D eigenvalue weighted by Gasteiger charge is 2.19. The molecular formula is C10H12F2N2O3S. The molecule has 0 aliphatic carbocycles. The molecule has 0 aliphatic rings. The minimum atomic E-state index is -3.86. The third-order valence-electron chi connectivity index (χ3n) is 2.24. The lowest BCUT2D eigenvalue weighted by molar-refractivity contribution is -0.132. The van der Waals surface area contributed by atoms with E-state index in [-0.39, 0.29) is 4.90 Å². The van der Waals surface area contributed by atoms with Crippen LogP contribution in [0.15, 0.2) is 29.2 Å². The van der Waals surface area contributed by atoms with Crippen LogP contribution in [0.1, 0.15) is 18.5 Å². The molecule has 1 atom stereocenters. The number of hydrogen-bond donors (Lipinski definition) is 2. The number of hydrogen-bond acceptors (Lipinski definition) is 3. The summed E-state index contributed by atoms with van der Waals surface area (Å²) in [5.41, 5.74) is 0.371. The summed E-state index contributed by atoms with van der Waals surface area (Å²) >= 11 is 0. The SMILES string of the molecule is CC(NC(=O)C(F)F)c1cccc(S(N)(=O)=O)c1. The highest BCUT2D eigenvalue weighted by atomic mass is 32.2. The molecule has 0 aromatic heterocycles. The van der Waals surface area contributed by atoms with E-state index in [1.54, 1.807) is 0 Å². The van der Waals surface area contributed by atoms with E-state index >= 15 is 0 Å². The summed E-state index contributed by atoms with van der Waals surface area (Å²) in [7, 11) is -3.86. The monoisotopic (exact) mass is 278 g/mol. The van der Waals surface area contributed by atoms with Gasteiger partial charge in [0.1, 0.15) is 0 Å². The van der Waals surface area contributed by atoms with E-state index in [0.29, 0.717) is 5.56 Å². The number of nitrogens with one attached hydrogen (secondary N) is 1. The van der Waals surface area contributed by atoms with E-state index in [1.165, 1.54) is 31.2 Å². The molecule has 1 aromatic rings. The van der Waals surface area contributed by atoms with E-state index in [2.05, 4.69) is 0 Å². The first kappa shape index (κ1) is 14.5. The first-order valence-electron chi connectivity index (χ1n) is 4.93. The van der Waals surface area contributed by atoms with E-state index in [9.17, 15) is 22.0 Å². The molecule has 1 amide bonds. The number of benzene rings is 1. The van der Waals surface area contributed by atoms with Gasteiger partial charge in [-0.15, -0.1) is 0 Å². The number of sulfonamides is 1. The van der Waals surface area contributed by atoms with Crippen molar-refractivity contribution in [3.8, 4) is 0 Å². The number of amides is 1. The topological polar surface area (TPSA) is 89.3 Å². The van der Waals surface area contributed by atoms with Crippen molar-refractivity contribution in [1.29, 1.82) is 0 Å². The molecule has 5 nitrogen and oxygen atoms in total. The minimum Gasteiger partial charge on any atom is -0.345 e.